The third kappa shape index (κ3) is 4.09. The lowest BCUT2D eigenvalue weighted by Crippen LogP contribution is -2.30. The molecule has 0 heterocycles. The van der Waals surface area contributed by atoms with Gasteiger partial charge in [-0.2, -0.15) is 0 Å². The van der Waals surface area contributed by atoms with Gasteiger partial charge in [-0.3, -0.25) is 10.1 Å². The standard InChI is InChI=1S/C12H17IN2O3/c1-8(2)11(7-18-3)14-9-4-5-12(15(16)17)10(13)6-9/h4-6,8,11,14H,7H2,1-3H3. The normalized spacial score (nSPS) is 12.5. The predicted molar refractivity (Wildman–Crippen MR) is 79.9 cm³/mol. The van der Waals surface area contributed by atoms with Crippen LogP contribution in [0.3, 0.4) is 0 Å². The maximum Gasteiger partial charge on any atom is 0.282 e. The molecular weight excluding hydrogens is 347 g/mol. The van der Waals surface area contributed by atoms with Crippen LogP contribution in [0, 0.1) is 19.6 Å². The number of hydrogen-bond acceptors (Lipinski definition) is 4. The first-order valence-corrected chi connectivity index (χ1v) is 6.73. The monoisotopic (exact) mass is 364 g/mol. The Labute approximate surface area is 120 Å². The van der Waals surface area contributed by atoms with Crippen LogP contribution in [-0.4, -0.2) is 24.7 Å². The molecule has 0 fully saturated rings. The maximum absolute atomic E-state index is 10.7. The van der Waals surface area contributed by atoms with Gasteiger partial charge in [0.15, 0.2) is 0 Å². The van der Waals surface area contributed by atoms with Crippen LogP contribution in [0.4, 0.5) is 11.4 Å². The molecule has 5 nitrogen and oxygen atoms in total. The Kier molecular flexibility index (Phi) is 5.80. The lowest BCUT2D eigenvalue weighted by Gasteiger charge is -2.22. The van der Waals surface area contributed by atoms with Gasteiger partial charge in [-0.25, -0.2) is 0 Å². The number of nitro groups is 1. The average molecular weight is 364 g/mol. The summed E-state index contributed by atoms with van der Waals surface area (Å²) in [5, 5.41) is 14.1. The van der Waals surface area contributed by atoms with Crippen LogP contribution >= 0.6 is 22.6 Å². The number of benzene rings is 1. The number of halogens is 1. The third-order valence-electron chi connectivity index (χ3n) is 2.65. The van der Waals surface area contributed by atoms with Gasteiger partial charge in [-0.05, 0) is 40.6 Å². The Morgan fingerprint density at radius 1 is 1.50 bits per heavy atom. The van der Waals surface area contributed by atoms with Crippen LogP contribution in [0.2, 0.25) is 0 Å². The van der Waals surface area contributed by atoms with Gasteiger partial charge in [0.1, 0.15) is 0 Å². The molecule has 0 saturated heterocycles. The zero-order valence-corrected chi connectivity index (χ0v) is 12.8. The van der Waals surface area contributed by atoms with Crippen molar-refractivity contribution < 1.29 is 9.66 Å². The van der Waals surface area contributed by atoms with E-state index in [1.54, 1.807) is 19.2 Å². The highest BCUT2D eigenvalue weighted by atomic mass is 127. The molecule has 18 heavy (non-hydrogen) atoms. The number of ether oxygens (including phenoxy) is 1. The number of nitrogens with one attached hydrogen (secondary N) is 1. The van der Waals surface area contributed by atoms with Crippen LogP contribution in [0.5, 0.6) is 0 Å². The van der Waals surface area contributed by atoms with E-state index < -0.39 is 0 Å². The second-order valence-electron chi connectivity index (χ2n) is 4.37. The quantitative estimate of drug-likeness (QED) is 0.478. The minimum Gasteiger partial charge on any atom is -0.383 e. The summed E-state index contributed by atoms with van der Waals surface area (Å²) in [5.74, 6) is 0.415. The smallest absolute Gasteiger partial charge is 0.282 e. The van der Waals surface area contributed by atoms with E-state index in [2.05, 4.69) is 19.2 Å². The van der Waals surface area contributed by atoms with Crippen molar-refractivity contribution in [1.29, 1.82) is 0 Å². The fraction of sp³-hybridized carbons (Fsp3) is 0.500. The van der Waals surface area contributed by atoms with E-state index in [1.807, 2.05) is 22.6 Å². The van der Waals surface area contributed by atoms with Gasteiger partial charge < -0.3 is 10.1 Å². The van der Waals surface area contributed by atoms with Gasteiger partial charge >= 0.3 is 0 Å². The maximum atomic E-state index is 10.7. The Balaban J connectivity index is 2.84. The molecule has 0 aliphatic carbocycles. The van der Waals surface area contributed by atoms with E-state index in [9.17, 15) is 10.1 Å². The zero-order chi connectivity index (χ0) is 13.7. The number of methoxy groups -OCH3 is 1. The van der Waals surface area contributed by atoms with E-state index >= 15 is 0 Å². The number of nitro benzene ring substituents is 1. The second-order valence-corrected chi connectivity index (χ2v) is 5.54. The van der Waals surface area contributed by atoms with Gasteiger partial charge in [-0.15, -0.1) is 0 Å². The van der Waals surface area contributed by atoms with E-state index in [4.69, 9.17) is 4.74 Å². The topological polar surface area (TPSA) is 64.4 Å². The van der Waals surface area contributed by atoms with E-state index in [0.29, 0.717) is 16.1 Å². The third-order valence-corrected chi connectivity index (χ3v) is 3.51. The summed E-state index contributed by atoms with van der Waals surface area (Å²) in [5.41, 5.74) is 1.01. The largest absolute Gasteiger partial charge is 0.383 e. The van der Waals surface area contributed by atoms with Crippen molar-refractivity contribution in [2.24, 2.45) is 5.92 Å². The average Bonchev–Trinajstić information content (AvgIpc) is 2.27. The van der Waals surface area contributed by atoms with E-state index in [-0.39, 0.29) is 16.7 Å². The van der Waals surface area contributed by atoms with Crippen molar-refractivity contribution in [3.8, 4) is 0 Å². The summed E-state index contributed by atoms with van der Waals surface area (Å²) in [4.78, 5) is 10.4. The van der Waals surface area contributed by atoms with Gasteiger partial charge in [0.05, 0.1) is 21.1 Å². The van der Waals surface area contributed by atoms with Gasteiger partial charge in [0.25, 0.3) is 5.69 Å². The molecule has 1 aromatic rings. The molecule has 1 rings (SSSR count). The van der Waals surface area contributed by atoms with Gasteiger partial charge in [-0.1, -0.05) is 13.8 Å². The van der Waals surface area contributed by atoms with Crippen LogP contribution in [0.25, 0.3) is 0 Å². The molecule has 0 aromatic heterocycles. The van der Waals surface area contributed by atoms with Crippen molar-refractivity contribution in [2.75, 3.05) is 19.0 Å². The molecule has 0 spiro atoms. The van der Waals surface area contributed by atoms with Gasteiger partial charge in [0.2, 0.25) is 0 Å². The molecule has 6 heteroatoms. The zero-order valence-electron chi connectivity index (χ0n) is 10.6. The number of nitrogens with zero attached hydrogens (tertiary/aromatic N) is 1. The fourth-order valence-electron chi connectivity index (χ4n) is 1.54. The van der Waals surface area contributed by atoms with Crippen molar-refractivity contribution >= 4 is 34.0 Å². The van der Waals surface area contributed by atoms with Crippen molar-refractivity contribution in [3.63, 3.8) is 0 Å². The number of rotatable bonds is 6. The lowest BCUT2D eigenvalue weighted by atomic mass is 10.1. The molecule has 1 atom stereocenters. The summed E-state index contributed by atoms with van der Waals surface area (Å²) >= 11 is 1.97. The van der Waals surface area contributed by atoms with Crippen LogP contribution in [-0.2, 0) is 4.74 Å². The molecular formula is C12H17IN2O3. The Hall–Kier alpha value is -0.890. The highest BCUT2D eigenvalue weighted by molar-refractivity contribution is 14.1. The first-order valence-electron chi connectivity index (χ1n) is 5.65. The second kappa shape index (κ2) is 6.89. The molecule has 1 unspecified atom stereocenters. The first-order chi connectivity index (χ1) is 8.45. The van der Waals surface area contributed by atoms with Crippen molar-refractivity contribution in [1.82, 2.24) is 0 Å². The summed E-state index contributed by atoms with van der Waals surface area (Å²) in [6.45, 7) is 4.81. The molecule has 0 radical (unpaired) electrons. The lowest BCUT2D eigenvalue weighted by molar-refractivity contribution is -0.385. The van der Waals surface area contributed by atoms with Crippen LogP contribution in [0.15, 0.2) is 18.2 Å². The molecule has 0 bridgehead atoms. The highest BCUT2D eigenvalue weighted by Crippen LogP contribution is 2.25. The summed E-state index contributed by atoms with van der Waals surface area (Å²) < 4.78 is 5.78. The van der Waals surface area contributed by atoms with Crippen molar-refractivity contribution in [2.45, 2.75) is 19.9 Å². The van der Waals surface area contributed by atoms with Crippen LogP contribution < -0.4 is 5.32 Å². The minimum atomic E-state index is -0.374. The van der Waals surface area contributed by atoms with Crippen molar-refractivity contribution in [3.05, 3.63) is 31.9 Å². The number of hydrogen-bond donors (Lipinski definition) is 1. The summed E-state index contributed by atoms with van der Waals surface area (Å²) in [7, 11) is 1.66. The molecule has 100 valence electrons. The highest BCUT2D eigenvalue weighted by Gasteiger charge is 2.15. The number of anilines is 1. The van der Waals surface area contributed by atoms with Crippen LogP contribution in [0.1, 0.15) is 13.8 Å². The molecule has 0 aliphatic rings. The Morgan fingerprint density at radius 2 is 2.17 bits per heavy atom. The summed E-state index contributed by atoms with van der Waals surface area (Å²) in [6.07, 6.45) is 0. The molecule has 1 aromatic carbocycles. The Morgan fingerprint density at radius 3 is 2.61 bits per heavy atom. The molecule has 1 N–H and O–H groups in total. The first kappa shape index (κ1) is 15.2. The summed E-state index contributed by atoms with van der Waals surface area (Å²) in [6, 6.07) is 5.22. The van der Waals surface area contributed by atoms with E-state index in [1.165, 1.54) is 6.07 Å². The SMILES string of the molecule is COCC(Nc1ccc([N+](=O)[O-])c(I)c1)C(C)C. The fourth-order valence-corrected chi connectivity index (χ4v) is 2.25. The Bertz CT molecular complexity index is 424. The minimum absolute atomic E-state index is 0.133. The van der Waals surface area contributed by atoms with E-state index in [0.717, 1.165) is 5.69 Å². The molecule has 0 aliphatic heterocycles. The predicted octanol–water partition coefficient (Wildman–Crippen LogP) is 3.28. The van der Waals surface area contributed by atoms with Gasteiger partial charge in [0, 0.05) is 18.9 Å². The molecule has 0 saturated carbocycles. The molecule has 0 amide bonds.